The molecule has 0 aliphatic heterocycles. The number of aliphatic carboxylic acids is 1. The van der Waals surface area contributed by atoms with Crippen molar-refractivity contribution >= 4 is 21.9 Å². The fraction of sp³-hybridized carbons (Fsp3) is 0.333. The van der Waals surface area contributed by atoms with E-state index in [4.69, 9.17) is 10.2 Å². The second kappa shape index (κ2) is 5.22. The van der Waals surface area contributed by atoms with Crippen LogP contribution in [0.25, 0.3) is 0 Å². The summed E-state index contributed by atoms with van der Waals surface area (Å²) in [6.45, 7) is 0.215. The summed E-state index contributed by atoms with van der Waals surface area (Å²) in [5.74, 6) is -2.30. The Morgan fingerprint density at radius 3 is 2.30 bits per heavy atom. The highest BCUT2D eigenvalue weighted by Crippen LogP contribution is 2.38. The zero-order valence-corrected chi connectivity index (χ0v) is 11.3. The van der Waals surface area contributed by atoms with Gasteiger partial charge < -0.3 is 10.4 Å². The van der Waals surface area contributed by atoms with Gasteiger partial charge in [0.15, 0.2) is 0 Å². The van der Waals surface area contributed by atoms with Gasteiger partial charge in [-0.1, -0.05) is 12.1 Å². The normalized spacial score (nSPS) is 21.2. The number of carbonyl (C=O) groups is 2. The summed E-state index contributed by atoms with van der Waals surface area (Å²) in [6, 6.07) is 5.80. The summed E-state index contributed by atoms with van der Waals surface area (Å²) in [4.78, 5) is 22.3. The summed E-state index contributed by atoms with van der Waals surface area (Å²) in [5, 5.41) is 16.3. The number of primary sulfonamides is 1. The van der Waals surface area contributed by atoms with Crippen LogP contribution < -0.4 is 10.5 Å². The molecule has 20 heavy (non-hydrogen) atoms. The molecule has 7 nitrogen and oxygen atoms in total. The van der Waals surface area contributed by atoms with Crippen molar-refractivity contribution in [3.05, 3.63) is 29.8 Å². The number of sulfonamides is 1. The first-order valence-corrected chi connectivity index (χ1v) is 7.46. The summed E-state index contributed by atoms with van der Waals surface area (Å²) >= 11 is 0. The fourth-order valence-corrected chi connectivity index (χ4v) is 2.39. The van der Waals surface area contributed by atoms with Gasteiger partial charge in [0.1, 0.15) is 0 Å². The monoisotopic (exact) mass is 298 g/mol. The van der Waals surface area contributed by atoms with Crippen molar-refractivity contribution in [2.75, 3.05) is 0 Å². The first kappa shape index (κ1) is 14.5. The van der Waals surface area contributed by atoms with E-state index in [0.717, 1.165) is 0 Å². The first-order valence-electron chi connectivity index (χ1n) is 5.91. The van der Waals surface area contributed by atoms with Gasteiger partial charge in [0.2, 0.25) is 15.9 Å². The van der Waals surface area contributed by atoms with E-state index in [1.54, 1.807) is 12.1 Å². The topological polar surface area (TPSA) is 127 Å². The van der Waals surface area contributed by atoms with Crippen LogP contribution in [0.4, 0.5) is 0 Å². The predicted molar refractivity (Wildman–Crippen MR) is 68.9 cm³/mol. The largest absolute Gasteiger partial charge is 0.481 e. The lowest BCUT2D eigenvalue weighted by Crippen LogP contribution is -2.25. The molecule has 1 aromatic carbocycles. The quantitative estimate of drug-likeness (QED) is 0.686. The highest BCUT2D eigenvalue weighted by molar-refractivity contribution is 7.89. The van der Waals surface area contributed by atoms with Crippen molar-refractivity contribution in [3.8, 4) is 0 Å². The Bertz CT molecular complexity index is 638. The molecule has 0 heterocycles. The zero-order valence-electron chi connectivity index (χ0n) is 10.4. The van der Waals surface area contributed by atoms with Crippen LogP contribution in [0.1, 0.15) is 12.0 Å². The number of hydrogen-bond acceptors (Lipinski definition) is 4. The number of amides is 1. The lowest BCUT2D eigenvalue weighted by Gasteiger charge is -2.05. The Kier molecular flexibility index (Phi) is 3.78. The number of carbonyl (C=O) groups excluding carboxylic acids is 1. The first-order chi connectivity index (χ1) is 9.29. The van der Waals surface area contributed by atoms with Gasteiger partial charge in [0.05, 0.1) is 16.7 Å². The smallest absolute Gasteiger partial charge is 0.307 e. The van der Waals surface area contributed by atoms with Crippen molar-refractivity contribution in [2.24, 2.45) is 17.0 Å². The molecule has 1 amide bonds. The third-order valence-corrected chi connectivity index (χ3v) is 4.09. The zero-order chi connectivity index (χ0) is 14.9. The van der Waals surface area contributed by atoms with Gasteiger partial charge in [-0.25, -0.2) is 13.6 Å². The molecule has 1 aliphatic carbocycles. The van der Waals surface area contributed by atoms with Crippen LogP contribution in [-0.2, 0) is 26.2 Å². The fourth-order valence-electron chi connectivity index (χ4n) is 1.87. The third-order valence-electron chi connectivity index (χ3n) is 3.16. The highest BCUT2D eigenvalue weighted by atomic mass is 32.2. The van der Waals surface area contributed by atoms with Gasteiger partial charge in [0.25, 0.3) is 0 Å². The van der Waals surface area contributed by atoms with E-state index >= 15 is 0 Å². The van der Waals surface area contributed by atoms with E-state index in [0.29, 0.717) is 12.0 Å². The number of hydrogen-bond donors (Lipinski definition) is 3. The molecule has 0 unspecified atom stereocenters. The number of carboxylic acids is 1. The molecule has 1 saturated carbocycles. The summed E-state index contributed by atoms with van der Waals surface area (Å²) in [7, 11) is -3.72. The number of rotatable bonds is 5. The van der Waals surface area contributed by atoms with E-state index in [-0.39, 0.29) is 17.3 Å². The Labute approximate surface area is 115 Å². The molecule has 4 N–H and O–H groups in total. The molecule has 1 fully saturated rings. The van der Waals surface area contributed by atoms with Crippen LogP contribution in [-0.4, -0.2) is 25.4 Å². The van der Waals surface area contributed by atoms with E-state index in [2.05, 4.69) is 5.32 Å². The van der Waals surface area contributed by atoms with Crippen molar-refractivity contribution in [1.29, 1.82) is 0 Å². The molecule has 2 atom stereocenters. The number of benzene rings is 1. The van der Waals surface area contributed by atoms with Gasteiger partial charge >= 0.3 is 5.97 Å². The predicted octanol–water partition coefficient (Wildman–Crippen LogP) is -0.329. The average Bonchev–Trinajstić information content (AvgIpc) is 3.15. The van der Waals surface area contributed by atoms with Crippen molar-refractivity contribution in [1.82, 2.24) is 5.32 Å². The molecule has 1 aliphatic rings. The van der Waals surface area contributed by atoms with Crippen LogP contribution >= 0.6 is 0 Å². The SMILES string of the molecule is NS(=O)(=O)c1ccc(CNC(=O)[C@H]2C[C@@H]2C(=O)O)cc1. The van der Waals surface area contributed by atoms with E-state index < -0.39 is 27.8 Å². The number of nitrogens with one attached hydrogen (secondary N) is 1. The maximum atomic E-state index is 11.6. The summed E-state index contributed by atoms with van der Waals surface area (Å²) < 4.78 is 22.1. The minimum absolute atomic E-state index is 0.000658. The minimum Gasteiger partial charge on any atom is -0.481 e. The van der Waals surface area contributed by atoms with Gasteiger partial charge in [-0.3, -0.25) is 9.59 Å². The molecular weight excluding hydrogens is 284 g/mol. The number of nitrogens with two attached hydrogens (primary N) is 1. The van der Waals surface area contributed by atoms with Crippen LogP contribution in [0.3, 0.4) is 0 Å². The van der Waals surface area contributed by atoms with Crippen molar-refractivity contribution < 1.29 is 23.1 Å². The maximum Gasteiger partial charge on any atom is 0.307 e. The van der Waals surface area contributed by atoms with Gasteiger partial charge in [-0.05, 0) is 24.1 Å². The van der Waals surface area contributed by atoms with Crippen LogP contribution in [0, 0.1) is 11.8 Å². The molecule has 0 spiro atoms. The number of carboxylic acid groups (broad SMARTS) is 1. The van der Waals surface area contributed by atoms with Gasteiger partial charge in [-0.15, -0.1) is 0 Å². The molecule has 0 radical (unpaired) electrons. The highest BCUT2D eigenvalue weighted by Gasteiger charge is 2.48. The van der Waals surface area contributed by atoms with Gasteiger partial charge in [-0.2, -0.15) is 0 Å². The molecule has 0 saturated heterocycles. The Hall–Kier alpha value is -1.93. The molecule has 1 aromatic rings. The molecule has 108 valence electrons. The average molecular weight is 298 g/mol. The van der Waals surface area contributed by atoms with Crippen LogP contribution in [0.2, 0.25) is 0 Å². The lowest BCUT2D eigenvalue weighted by molar-refractivity contribution is -0.140. The molecule has 0 bridgehead atoms. The second-order valence-electron chi connectivity index (χ2n) is 4.69. The van der Waals surface area contributed by atoms with Crippen molar-refractivity contribution in [3.63, 3.8) is 0 Å². The minimum atomic E-state index is -3.72. The summed E-state index contributed by atoms with van der Waals surface area (Å²) in [6.07, 6.45) is 0.367. The van der Waals surface area contributed by atoms with Crippen LogP contribution in [0.15, 0.2) is 29.2 Å². The Morgan fingerprint density at radius 2 is 1.85 bits per heavy atom. The molecule has 8 heteroatoms. The molecule has 2 rings (SSSR count). The van der Waals surface area contributed by atoms with Crippen LogP contribution in [0.5, 0.6) is 0 Å². The van der Waals surface area contributed by atoms with E-state index in [1.165, 1.54) is 12.1 Å². The van der Waals surface area contributed by atoms with Gasteiger partial charge in [0, 0.05) is 6.54 Å². The standard InChI is InChI=1S/C12H14N2O5S/c13-20(18,19)8-3-1-7(2-4-8)6-14-11(15)9-5-10(9)12(16)17/h1-4,9-10H,5-6H2,(H,14,15)(H,16,17)(H2,13,18,19)/t9-,10-/m0/s1. The third kappa shape index (κ3) is 3.34. The van der Waals surface area contributed by atoms with Crippen molar-refractivity contribution in [2.45, 2.75) is 17.9 Å². The molecular formula is C12H14N2O5S. The van der Waals surface area contributed by atoms with E-state index in [9.17, 15) is 18.0 Å². The Morgan fingerprint density at radius 1 is 1.25 bits per heavy atom. The Balaban J connectivity index is 1.89. The summed E-state index contributed by atoms with van der Waals surface area (Å²) in [5.41, 5.74) is 0.707. The second-order valence-corrected chi connectivity index (χ2v) is 6.26. The van der Waals surface area contributed by atoms with E-state index in [1.807, 2.05) is 0 Å². The maximum absolute atomic E-state index is 11.6. The lowest BCUT2D eigenvalue weighted by atomic mass is 10.2. The molecule has 0 aromatic heterocycles.